The zero-order chi connectivity index (χ0) is 18.4. The lowest BCUT2D eigenvalue weighted by Gasteiger charge is -2.34. The van der Waals surface area contributed by atoms with Crippen molar-refractivity contribution >= 4 is 11.9 Å². The molecule has 136 valence electrons. The zero-order valence-electron chi connectivity index (χ0n) is 15.1. The molecule has 1 aromatic heterocycles. The standard InChI is InChI=1S/C21H24N2O3/c1-26-21(25)19-13-6-5-12-18(19)20(24)23(17-10-3-2-4-11-17)15-16-9-7-8-14-22-16/h5-9,12-14,17H,2-4,10-11,15H2,1H3. The van der Waals surface area contributed by atoms with E-state index in [0.29, 0.717) is 17.7 Å². The SMILES string of the molecule is COC(=O)c1ccccc1C(=O)N(Cc1ccccn1)C1CCCCC1. The molecule has 0 aliphatic heterocycles. The van der Waals surface area contributed by atoms with Crippen LogP contribution < -0.4 is 0 Å². The van der Waals surface area contributed by atoms with Gasteiger partial charge in [-0.25, -0.2) is 4.79 Å². The van der Waals surface area contributed by atoms with Gasteiger partial charge in [-0.05, 0) is 37.1 Å². The number of ether oxygens (including phenoxy) is 1. The molecule has 1 aromatic carbocycles. The smallest absolute Gasteiger partial charge is 0.338 e. The van der Waals surface area contributed by atoms with E-state index in [1.165, 1.54) is 13.5 Å². The molecule has 2 aromatic rings. The van der Waals surface area contributed by atoms with Gasteiger partial charge in [-0.1, -0.05) is 37.5 Å². The minimum absolute atomic E-state index is 0.136. The maximum absolute atomic E-state index is 13.4. The predicted molar refractivity (Wildman–Crippen MR) is 98.8 cm³/mol. The van der Waals surface area contributed by atoms with Crippen molar-refractivity contribution in [2.75, 3.05) is 7.11 Å². The summed E-state index contributed by atoms with van der Waals surface area (Å²) in [7, 11) is 1.33. The molecule has 0 saturated heterocycles. The Bertz CT molecular complexity index is 755. The van der Waals surface area contributed by atoms with Crippen LogP contribution in [-0.2, 0) is 11.3 Å². The van der Waals surface area contributed by atoms with Crippen LogP contribution in [0.1, 0.15) is 58.5 Å². The van der Waals surface area contributed by atoms with Gasteiger partial charge in [0.15, 0.2) is 0 Å². The summed E-state index contributed by atoms with van der Waals surface area (Å²) in [6.07, 6.45) is 7.16. The largest absolute Gasteiger partial charge is 0.465 e. The quantitative estimate of drug-likeness (QED) is 0.767. The first kappa shape index (κ1) is 18.1. The number of benzene rings is 1. The van der Waals surface area contributed by atoms with Gasteiger partial charge in [0.1, 0.15) is 0 Å². The van der Waals surface area contributed by atoms with Gasteiger partial charge in [0.05, 0.1) is 30.5 Å². The van der Waals surface area contributed by atoms with Crippen molar-refractivity contribution in [1.29, 1.82) is 0 Å². The Hall–Kier alpha value is -2.69. The second kappa shape index (κ2) is 8.61. The molecular formula is C21H24N2O3. The number of aromatic nitrogens is 1. The van der Waals surface area contributed by atoms with Crippen molar-refractivity contribution in [3.63, 3.8) is 0 Å². The lowest BCUT2D eigenvalue weighted by Crippen LogP contribution is -2.41. The van der Waals surface area contributed by atoms with Crippen molar-refractivity contribution in [3.8, 4) is 0 Å². The second-order valence-electron chi connectivity index (χ2n) is 6.58. The summed E-state index contributed by atoms with van der Waals surface area (Å²) >= 11 is 0. The van der Waals surface area contributed by atoms with E-state index in [2.05, 4.69) is 4.98 Å². The van der Waals surface area contributed by atoms with Crippen LogP contribution in [0.15, 0.2) is 48.7 Å². The number of rotatable bonds is 5. The van der Waals surface area contributed by atoms with Gasteiger partial charge < -0.3 is 9.64 Å². The molecule has 1 aliphatic carbocycles. The number of pyridine rings is 1. The minimum Gasteiger partial charge on any atom is -0.465 e. The monoisotopic (exact) mass is 352 g/mol. The third-order valence-electron chi connectivity index (χ3n) is 4.90. The van der Waals surface area contributed by atoms with E-state index in [4.69, 9.17) is 4.74 Å². The summed E-state index contributed by atoms with van der Waals surface area (Å²) in [5.74, 6) is -0.626. The fourth-order valence-corrected chi connectivity index (χ4v) is 3.54. The molecule has 0 unspecified atom stereocenters. The van der Waals surface area contributed by atoms with Crippen molar-refractivity contribution in [1.82, 2.24) is 9.88 Å². The van der Waals surface area contributed by atoms with E-state index in [1.54, 1.807) is 30.5 Å². The minimum atomic E-state index is -0.490. The second-order valence-corrected chi connectivity index (χ2v) is 6.58. The van der Waals surface area contributed by atoms with Crippen molar-refractivity contribution in [2.24, 2.45) is 0 Å². The molecule has 5 nitrogen and oxygen atoms in total. The number of carbonyl (C=O) groups excluding carboxylic acids is 2. The van der Waals surface area contributed by atoms with E-state index in [9.17, 15) is 9.59 Å². The van der Waals surface area contributed by atoms with Gasteiger partial charge in [-0.15, -0.1) is 0 Å². The number of hydrogen-bond donors (Lipinski definition) is 0. The summed E-state index contributed by atoms with van der Waals surface area (Å²) < 4.78 is 4.85. The van der Waals surface area contributed by atoms with E-state index in [-0.39, 0.29) is 11.9 Å². The third-order valence-corrected chi connectivity index (χ3v) is 4.90. The average molecular weight is 352 g/mol. The van der Waals surface area contributed by atoms with Gasteiger partial charge in [0.2, 0.25) is 0 Å². The molecule has 5 heteroatoms. The van der Waals surface area contributed by atoms with E-state index < -0.39 is 5.97 Å². The number of amides is 1. The first-order valence-electron chi connectivity index (χ1n) is 9.09. The van der Waals surface area contributed by atoms with Crippen LogP contribution in [-0.4, -0.2) is 34.9 Å². The maximum atomic E-state index is 13.4. The molecular weight excluding hydrogens is 328 g/mol. The van der Waals surface area contributed by atoms with Gasteiger partial charge in [0, 0.05) is 12.2 Å². The molecule has 1 fully saturated rings. The molecule has 1 aliphatic rings. The highest BCUT2D eigenvalue weighted by Crippen LogP contribution is 2.26. The van der Waals surface area contributed by atoms with E-state index in [1.807, 2.05) is 23.1 Å². The van der Waals surface area contributed by atoms with Crippen molar-refractivity contribution < 1.29 is 14.3 Å². The molecule has 0 atom stereocenters. The molecule has 0 radical (unpaired) electrons. The highest BCUT2D eigenvalue weighted by atomic mass is 16.5. The molecule has 1 amide bonds. The summed E-state index contributed by atoms with van der Waals surface area (Å²) in [4.78, 5) is 31.7. The van der Waals surface area contributed by atoms with Crippen molar-refractivity contribution in [3.05, 3.63) is 65.5 Å². The summed E-state index contributed by atoms with van der Waals surface area (Å²) in [5, 5.41) is 0. The van der Waals surface area contributed by atoms with Gasteiger partial charge >= 0.3 is 5.97 Å². The Kier molecular flexibility index (Phi) is 6.00. The van der Waals surface area contributed by atoms with Crippen LogP contribution in [0.25, 0.3) is 0 Å². The lowest BCUT2D eigenvalue weighted by atomic mass is 9.93. The number of hydrogen-bond acceptors (Lipinski definition) is 4. The Morgan fingerprint density at radius 1 is 1.04 bits per heavy atom. The van der Waals surface area contributed by atoms with Crippen LogP contribution in [0, 0.1) is 0 Å². The average Bonchev–Trinajstić information content (AvgIpc) is 2.72. The van der Waals surface area contributed by atoms with Crippen LogP contribution in [0.2, 0.25) is 0 Å². The lowest BCUT2D eigenvalue weighted by molar-refractivity contribution is 0.0563. The fourth-order valence-electron chi connectivity index (χ4n) is 3.54. The van der Waals surface area contributed by atoms with Crippen LogP contribution in [0.4, 0.5) is 0 Å². The summed E-state index contributed by atoms with van der Waals surface area (Å²) in [6.45, 7) is 0.444. The van der Waals surface area contributed by atoms with Gasteiger partial charge in [0.25, 0.3) is 5.91 Å². The van der Waals surface area contributed by atoms with Crippen molar-refractivity contribution in [2.45, 2.75) is 44.7 Å². The van der Waals surface area contributed by atoms with Gasteiger partial charge in [-0.3, -0.25) is 9.78 Å². The molecule has 1 heterocycles. The maximum Gasteiger partial charge on any atom is 0.338 e. The van der Waals surface area contributed by atoms with E-state index in [0.717, 1.165) is 31.4 Å². The first-order valence-corrected chi connectivity index (χ1v) is 9.09. The number of nitrogens with zero attached hydrogens (tertiary/aromatic N) is 2. The molecule has 0 spiro atoms. The van der Waals surface area contributed by atoms with Crippen LogP contribution in [0.5, 0.6) is 0 Å². The zero-order valence-corrected chi connectivity index (χ0v) is 15.1. The van der Waals surface area contributed by atoms with Gasteiger partial charge in [-0.2, -0.15) is 0 Å². The Morgan fingerprint density at radius 3 is 2.38 bits per heavy atom. The predicted octanol–water partition coefficient (Wildman–Crippen LogP) is 3.84. The Balaban J connectivity index is 1.93. The highest BCUT2D eigenvalue weighted by Gasteiger charge is 2.29. The molecule has 26 heavy (non-hydrogen) atoms. The third kappa shape index (κ3) is 4.10. The summed E-state index contributed by atoms with van der Waals surface area (Å²) in [5.41, 5.74) is 1.55. The molecule has 0 N–H and O–H groups in total. The highest BCUT2D eigenvalue weighted by molar-refractivity contribution is 6.05. The van der Waals surface area contributed by atoms with Crippen LogP contribution in [0.3, 0.4) is 0 Å². The number of methoxy groups -OCH3 is 1. The molecule has 1 saturated carbocycles. The van der Waals surface area contributed by atoms with Crippen LogP contribution >= 0.6 is 0 Å². The Labute approximate surface area is 154 Å². The normalized spacial score (nSPS) is 14.7. The number of carbonyl (C=O) groups is 2. The Morgan fingerprint density at radius 2 is 1.73 bits per heavy atom. The molecule has 0 bridgehead atoms. The fraction of sp³-hybridized carbons (Fsp3) is 0.381. The summed E-state index contributed by atoms with van der Waals surface area (Å²) in [6, 6.07) is 12.7. The molecule has 3 rings (SSSR count). The van der Waals surface area contributed by atoms with E-state index >= 15 is 0 Å². The topological polar surface area (TPSA) is 59.5 Å². The number of esters is 1. The first-order chi connectivity index (χ1) is 12.7.